The molecule has 1 fully saturated rings. The summed E-state index contributed by atoms with van der Waals surface area (Å²) in [5, 5.41) is 3.50. The molecule has 2 aliphatic rings. The van der Waals surface area contributed by atoms with Crippen LogP contribution in [0.3, 0.4) is 0 Å². The van der Waals surface area contributed by atoms with E-state index in [1.807, 2.05) is 0 Å². The van der Waals surface area contributed by atoms with E-state index in [0.29, 0.717) is 0 Å². The molecule has 0 bridgehead atoms. The van der Waals surface area contributed by atoms with E-state index >= 15 is 0 Å². The summed E-state index contributed by atoms with van der Waals surface area (Å²) < 4.78 is 0. The van der Waals surface area contributed by atoms with Gasteiger partial charge in [-0.1, -0.05) is 12.1 Å². The number of benzene rings is 1. The summed E-state index contributed by atoms with van der Waals surface area (Å²) >= 11 is 0. The minimum atomic E-state index is 0.830. The maximum atomic E-state index is 3.50. The topological polar surface area (TPSA) is 15.3 Å². The molecule has 2 nitrogen and oxygen atoms in total. The Bertz CT molecular complexity index is 331. The summed E-state index contributed by atoms with van der Waals surface area (Å²) in [7, 11) is 0. The molecule has 1 N–H and O–H groups in total. The number of rotatable bonds is 1. The van der Waals surface area contributed by atoms with E-state index in [1.165, 1.54) is 37.2 Å². The summed E-state index contributed by atoms with van der Waals surface area (Å²) in [6, 6.07) is 9.52. The van der Waals surface area contributed by atoms with Gasteiger partial charge in [0.1, 0.15) is 0 Å². The van der Waals surface area contributed by atoms with Gasteiger partial charge in [0.15, 0.2) is 0 Å². The molecule has 0 unspecified atom stereocenters. The van der Waals surface area contributed by atoms with Gasteiger partial charge in [-0.25, -0.2) is 0 Å². The minimum Gasteiger partial charge on any atom is -0.383 e. The molecule has 2 heteroatoms. The summed E-state index contributed by atoms with van der Waals surface area (Å²) in [6.07, 6.45) is 4.02. The van der Waals surface area contributed by atoms with Gasteiger partial charge in [-0.05, 0) is 31.4 Å². The third-order valence-corrected chi connectivity index (χ3v) is 3.09. The maximum Gasteiger partial charge on any atom is 0.0604 e. The molecule has 0 amide bonds. The van der Waals surface area contributed by atoms with Gasteiger partial charge in [0, 0.05) is 19.1 Å². The van der Waals surface area contributed by atoms with E-state index in [1.54, 1.807) is 0 Å². The van der Waals surface area contributed by atoms with E-state index in [4.69, 9.17) is 0 Å². The van der Waals surface area contributed by atoms with Gasteiger partial charge < -0.3 is 10.2 Å². The Balaban J connectivity index is 1.99. The lowest BCUT2D eigenvalue weighted by atomic mass is 10.2. The average Bonchev–Trinajstić information content (AvgIpc) is 3.03. The zero-order valence-electron chi connectivity index (χ0n) is 8.37. The fraction of sp³-hybridized carbons (Fsp3) is 0.500. The van der Waals surface area contributed by atoms with Crippen molar-refractivity contribution in [2.24, 2.45) is 0 Å². The number of hydrogen-bond acceptors (Lipinski definition) is 2. The van der Waals surface area contributed by atoms with E-state index in [2.05, 4.69) is 34.5 Å². The first-order valence-electron chi connectivity index (χ1n) is 5.55. The molecule has 14 heavy (non-hydrogen) atoms. The predicted octanol–water partition coefficient (Wildman–Crippen LogP) is 2.47. The molecule has 1 saturated carbocycles. The Morgan fingerprint density at radius 1 is 1.21 bits per heavy atom. The zero-order chi connectivity index (χ0) is 9.38. The van der Waals surface area contributed by atoms with Crippen molar-refractivity contribution in [3.8, 4) is 0 Å². The maximum absolute atomic E-state index is 3.50. The van der Waals surface area contributed by atoms with Gasteiger partial charge in [-0.3, -0.25) is 0 Å². The lowest BCUT2D eigenvalue weighted by Gasteiger charge is -2.23. The molecular weight excluding hydrogens is 172 g/mol. The third kappa shape index (κ3) is 1.35. The largest absolute Gasteiger partial charge is 0.383 e. The Labute approximate surface area is 84.9 Å². The summed E-state index contributed by atoms with van der Waals surface area (Å²) in [6.45, 7) is 2.33. The monoisotopic (exact) mass is 188 g/mol. The molecule has 0 atom stereocenters. The van der Waals surface area contributed by atoms with Crippen LogP contribution in [0.25, 0.3) is 0 Å². The summed E-state index contributed by atoms with van der Waals surface area (Å²) in [5.41, 5.74) is 2.73. The highest BCUT2D eigenvalue weighted by Gasteiger charge is 2.30. The van der Waals surface area contributed by atoms with Gasteiger partial charge in [-0.2, -0.15) is 0 Å². The molecule has 0 radical (unpaired) electrons. The summed E-state index contributed by atoms with van der Waals surface area (Å²) in [4.78, 5) is 2.58. The number of para-hydroxylation sites is 2. The van der Waals surface area contributed by atoms with E-state index in [-0.39, 0.29) is 0 Å². The van der Waals surface area contributed by atoms with Crippen LogP contribution in [-0.2, 0) is 0 Å². The molecule has 0 aromatic heterocycles. The second-order valence-corrected chi connectivity index (χ2v) is 4.22. The minimum absolute atomic E-state index is 0.830. The van der Waals surface area contributed by atoms with Crippen LogP contribution in [0.2, 0.25) is 0 Å². The van der Waals surface area contributed by atoms with Crippen molar-refractivity contribution in [3.63, 3.8) is 0 Å². The quantitative estimate of drug-likeness (QED) is 0.728. The first-order chi connectivity index (χ1) is 6.95. The Kier molecular flexibility index (Phi) is 1.86. The van der Waals surface area contributed by atoms with Crippen molar-refractivity contribution in [2.45, 2.75) is 25.3 Å². The van der Waals surface area contributed by atoms with Crippen molar-refractivity contribution in [1.82, 2.24) is 0 Å². The SMILES string of the molecule is c1ccc2c(c1)NCCCN2C1CC1. The van der Waals surface area contributed by atoms with E-state index in [9.17, 15) is 0 Å². The number of fused-ring (bicyclic) bond motifs is 1. The van der Waals surface area contributed by atoms with Crippen LogP contribution in [0.5, 0.6) is 0 Å². The van der Waals surface area contributed by atoms with Gasteiger partial charge in [0.2, 0.25) is 0 Å². The standard InChI is InChI=1S/C12H16N2/c1-2-5-12-11(4-1)13-8-3-9-14(12)10-6-7-10/h1-2,4-5,10,13H,3,6-9H2. The van der Waals surface area contributed by atoms with Crippen LogP contribution in [0.4, 0.5) is 11.4 Å². The first-order valence-corrected chi connectivity index (χ1v) is 5.55. The van der Waals surface area contributed by atoms with Crippen LogP contribution in [0.1, 0.15) is 19.3 Å². The van der Waals surface area contributed by atoms with Crippen LogP contribution in [-0.4, -0.2) is 19.1 Å². The second kappa shape index (κ2) is 3.19. The molecule has 0 spiro atoms. The lowest BCUT2D eigenvalue weighted by molar-refractivity contribution is 0.760. The predicted molar refractivity (Wildman–Crippen MR) is 59.9 cm³/mol. The molecule has 1 aromatic carbocycles. The highest BCUT2D eigenvalue weighted by atomic mass is 15.2. The zero-order valence-corrected chi connectivity index (χ0v) is 8.37. The van der Waals surface area contributed by atoms with Crippen molar-refractivity contribution < 1.29 is 0 Å². The molecule has 1 aliphatic carbocycles. The highest BCUT2D eigenvalue weighted by molar-refractivity contribution is 5.71. The third-order valence-electron chi connectivity index (χ3n) is 3.09. The second-order valence-electron chi connectivity index (χ2n) is 4.22. The molecule has 3 rings (SSSR count). The first kappa shape index (κ1) is 8.16. The fourth-order valence-electron chi connectivity index (χ4n) is 2.23. The van der Waals surface area contributed by atoms with Gasteiger partial charge in [0.05, 0.1) is 11.4 Å². The molecular formula is C12H16N2. The van der Waals surface area contributed by atoms with Crippen LogP contribution in [0, 0.1) is 0 Å². The molecule has 1 aliphatic heterocycles. The van der Waals surface area contributed by atoms with Crippen molar-refractivity contribution in [3.05, 3.63) is 24.3 Å². The summed E-state index contributed by atoms with van der Waals surface area (Å²) in [5.74, 6) is 0. The van der Waals surface area contributed by atoms with Crippen molar-refractivity contribution in [2.75, 3.05) is 23.3 Å². The average molecular weight is 188 g/mol. The normalized spacial score (nSPS) is 21.0. The molecule has 74 valence electrons. The molecule has 0 saturated heterocycles. The van der Waals surface area contributed by atoms with Crippen LogP contribution >= 0.6 is 0 Å². The lowest BCUT2D eigenvalue weighted by Crippen LogP contribution is -2.26. The molecule has 1 heterocycles. The number of nitrogens with one attached hydrogen (secondary N) is 1. The Morgan fingerprint density at radius 2 is 2.07 bits per heavy atom. The molecule has 1 aromatic rings. The Hall–Kier alpha value is -1.18. The fourth-order valence-corrected chi connectivity index (χ4v) is 2.23. The number of hydrogen-bond donors (Lipinski definition) is 1. The van der Waals surface area contributed by atoms with Crippen LogP contribution in [0.15, 0.2) is 24.3 Å². The van der Waals surface area contributed by atoms with Crippen molar-refractivity contribution >= 4 is 11.4 Å². The number of nitrogens with zero attached hydrogens (tertiary/aromatic N) is 1. The van der Waals surface area contributed by atoms with Crippen molar-refractivity contribution in [1.29, 1.82) is 0 Å². The van der Waals surface area contributed by atoms with Gasteiger partial charge in [0.25, 0.3) is 0 Å². The number of anilines is 2. The van der Waals surface area contributed by atoms with E-state index < -0.39 is 0 Å². The van der Waals surface area contributed by atoms with E-state index in [0.717, 1.165) is 12.6 Å². The van der Waals surface area contributed by atoms with Gasteiger partial charge >= 0.3 is 0 Å². The highest BCUT2D eigenvalue weighted by Crippen LogP contribution is 2.36. The smallest absolute Gasteiger partial charge is 0.0604 e. The Morgan fingerprint density at radius 3 is 2.93 bits per heavy atom. The van der Waals surface area contributed by atoms with Gasteiger partial charge in [-0.15, -0.1) is 0 Å². The van der Waals surface area contributed by atoms with Crippen LogP contribution < -0.4 is 10.2 Å².